The first kappa shape index (κ1) is 24.6. The fourth-order valence-corrected chi connectivity index (χ4v) is 6.14. The van der Waals surface area contributed by atoms with Gasteiger partial charge >= 0.3 is 0 Å². The summed E-state index contributed by atoms with van der Waals surface area (Å²) in [4.78, 5) is 13.2. The number of ether oxygens (including phenoxy) is 2. The summed E-state index contributed by atoms with van der Waals surface area (Å²) in [6, 6.07) is 14.0. The Kier molecular flexibility index (Phi) is 7.49. The number of Topliss-reactive ketones (excluding diaryl/α,β-unsaturated/α-hetero) is 1. The van der Waals surface area contributed by atoms with Gasteiger partial charge in [0.25, 0.3) is 0 Å². The van der Waals surface area contributed by atoms with Crippen molar-refractivity contribution in [1.82, 2.24) is 5.32 Å². The molecule has 0 bridgehead atoms. The molecule has 34 heavy (non-hydrogen) atoms. The van der Waals surface area contributed by atoms with Crippen LogP contribution < -0.4 is 14.8 Å². The highest BCUT2D eigenvalue weighted by Gasteiger charge is 2.38. The number of dihydropyridines is 1. The third-order valence-corrected chi connectivity index (χ3v) is 7.66. The molecule has 0 saturated heterocycles. The van der Waals surface area contributed by atoms with Crippen LogP contribution in [0.25, 0.3) is 0 Å². The largest absolute Gasteiger partial charge is 0.497 e. The highest BCUT2D eigenvalue weighted by atomic mass is 79.9. The summed E-state index contributed by atoms with van der Waals surface area (Å²) in [5, 5.41) is 13.3. The highest BCUT2D eigenvalue weighted by Crippen LogP contribution is 2.46. The van der Waals surface area contributed by atoms with E-state index >= 15 is 0 Å². The fourth-order valence-electron chi connectivity index (χ4n) is 4.69. The molecule has 2 aliphatic rings. The molecule has 7 heteroatoms. The van der Waals surface area contributed by atoms with Gasteiger partial charge in [-0.25, -0.2) is 0 Å². The molecule has 0 radical (unpaired) electrons. The zero-order valence-corrected chi connectivity index (χ0v) is 22.5. The minimum absolute atomic E-state index is 0.122. The average Bonchev–Trinajstić information content (AvgIpc) is 2.82. The van der Waals surface area contributed by atoms with E-state index in [2.05, 4.69) is 50.2 Å². The van der Waals surface area contributed by atoms with Crippen LogP contribution in [0.4, 0.5) is 0 Å². The maximum absolute atomic E-state index is 13.2. The summed E-state index contributed by atoms with van der Waals surface area (Å²) in [6.07, 6.45) is 2.31. The van der Waals surface area contributed by atoms with Gasteiger partial charge in [0, 0.05) is 23.4 Å². The summed E-state index contributed by atoms with van der Waals surface area (Å²) in [5.74, 6) is 1.50. The number of methoxy groups -OCH3 is 1. The van der Waals surface area contributed by atoms with Crippen LogP contribution in [0.2, 0.25) is 0 Å². The Labute approximate surface area is 217 Å². The van der Waals surface area contributed by atoms with E-state index in [9.17, 15) is 10.1 Å². The van der Waals surface area contributed by atoms with Gasteiger partial charge in [-0.15, -0.1) is 0 Å². The molecule has 2 aromatic carbocycles. The summed E-state index contributed by atoms with van der Waals surface area (Å²) < 4.78 is 12.9. The Balaban J connectivity index is 1.69. The van der Waals surface area contributed by atoms with Crippen molar-refractivity contribution >= 4 is 37.6 Å². The number of hydrogen-bond donors (Lipinski definition) is 1. The number of nitrogens with zero attached hydrogens (tertiary/aromatic N) is 1. The van der Waals surface area contributed by atoms with E-state index in [1.807, 2.05) is 43.3 Å². The van der Waals surface area contributed by atoms with Gasteiger partial charge in [-0.3, -0.25) is 4.79 Å². The lowest BCUT2D eigenvalue weighted by Gasteiger charge is -2.35. The predicted molar refractivity (Wildman–Crippen MR) is 138 cm³/mol. The molecule has 1 N–H and O–H groups in total. The van der Waals surface area contributed by atoms with Crippen LogP contribution >= 0.6 is 31.9 Å². The first-order valence-electron chi connectivity index (χ1n) is 11.2. The predicted octanol–water partition coefficient (Wildman–Crippen LogP) is 6.93. The second-order valence-electron chi connectivity index (χ2n) is 8.66. The van der Waals surface area contributed by atoms with Gasteiger partial charge in [0.15, 0.2) is 5.78 Å². The van der Waals surface area contributed by atoms with E-state index < -0.39 is 5.92 Å². The molecule has 2 atom stereocenters. The molecular formula is C27H26Br2N2O3. The Bertz CT molecular complexity index is 1220. The number of halogens is 2. The number of nitrogens with one attached hydrogen (secondary N) is 1. The number of ketones is 1. The van der Waals surface area contributed by atoms with Gasteiger partial charge in [-0.2, -0.15) is 5.26 Å². The van der Waals surface area contributed by atoms with Crippen LogP contribution in [0.3, 0.4) is 0 Å². The van der Waals surface area contributed by atoms with Crippen molar-refractivity contribution in [2.75, 3.05) is 7.11 Å². The number of nitriles is 1. The number of carbonyl (C=O) groups is 1. The van der Waals surface area contributed by atoms with Crippen molar-refractivity contribution in [1.29, 1.82) is 5.26 Å². The van der Waals surface area contributed by atoms with E-state index in [1.54, 1.807) is 7.11 Å². The monoisotopic (exact) mass is 584 g/mol. The molecule has 2 unspecified atom stereocenters. The molecule has 1 aliphatic carbocycles. The van der Waals surface area contributed by atoms with Gasteiger partial charge in [-0.1, -0.05) is 25.5 Å². The van der Waals surface area contributed by atoms with Gasteiger partial charge in [0.1, 0.15) is 18.1 Å². The Morgan fingerprint density at radius 1 is 1.18 bits per heavy atom. The second kappa shape index (κ2) is 10.4. The van der Waals surface area contributed by atoms with Crippen LogP contribution in [-0.4, -0.2) is 12.9 Å². The van der Waals surface area contributed by atoms with Gasteiger partial charge in [0.2, 0.25) is 0 Å². The molecule has 2 aromatic rings. The first-order chi connectivity index (χ1) is 16.4. The number of hydrogen-bond acceptors (Lipinski definition) is 5. The fraction of sp³-hybridized carbons (Fsp3) is 0.333. The highest BCUT2D eigenvalue weighted by molar-refractivity contribution is 9.11. The topological polar surface area (TPSA) is 71.4 Å². The Morgan fingerprint density at radius 3 is 2.56 bits per heavy atom. The van der Waals surface area contributed by atoms with Crippen LogP contribution in [-0.2, 0) is 11.4 Å². The Morgan fingerprint density at radius 2 is 1.91 bits per heavy atom. The zero-order valence-electron chi connectivity index (χ0n) is 19.4. The third-order valence-electron chi connectivity index (χ3n) is 6.48. The van der Waals surface area contributed by atoms with Crippen LogP contribution in [0.15, 0.2) is 67.9 Å². The van der Waals surface area contributed by atoms with Crippen LogP contribution in [0.1, 0.15) is 50.2 Å². The lowest BCUT2D eigenvalue weighted by Crippen LogP contribution is -2.34. The van der Waals surface area contributed by atoms with E-state index in [4.69, 9.17) is 9.47 Å². The third kappa shape index (κ3) is 4.80. The molecule has 0 spiro atoms. The minimum atomic E-state index is -0.397. The van der Waals surface area contributed by atoms with Crippen LogP contribution in [0, 0.1) is 17.2 Å². The molecule has 1 aliphatic heterocycles. The van der Waals surface area contributed by atoms with Crippen LogP contribution in [0.5, 0.6) is 11.5 Å². The second-order valence-corrected chi connectivity index (χ2v) is 10.4. The smallest absolute Gasteiger partial charge is 0.161 e. The summed E-state index contributed by atoms with van der Waals surface area (Å²) in [7, 11) is 1.64. The van der Waals surface area contributed by atoms with E-state index in [1.165, 1.54) is 0 Å². The molecular weight excluding hydrogens is 560 g/mol. The van der Waals surface area contributed by atoms with E-state index in [-0.39, 0.29) is 5.78 Å². The maximum atomic E-state index is 13.2. The first-order valence-corrected chi connectivity index (χ1v) is 12.8. The molecule has 0 fully saturated rings. The van der Waals surface area contributed by atoms with Crippen molar-refractivity contribution in [2.24, 2.45) is 5.92 Å². The number of allylic oxidation sites excluding steroid dienone is 4. The van der Waals surface area contributed by atoms with E-state index in [0.717, 1.165) is 55.6 Å². The normalized spacial score (nSPS) is 19.9. The quantitative estimate of drug-likeness (QED) is 0.398. The Hall–Kier alpha value is -2.56. The summed E-state index contributed by atoms with van der Waals surface area (Å²) in [5.41, 5.74) is 4.91. The summed E-state index contributed by atoms with van der Waals surface area (Å²) >= 11 is 7.30. The summed E-state index contributed by atoms with van der Waals surface area (Å²) in [6.45, 7) is 4.40. The molecule has 5 nitrogen and oxygen atoms in total. The van der Waals surface area contributed by atoms with Gasteiger partial charge in [-0.05, 0) is 86.5 Å². The van der Waals surface area contributed by atoms with Crippen molar-refractivity contribution in [3.8, 4) is 17.6 Å². The van der Waals surface area contributed by atoms with Gasteiger partial charge < -0.3 is 14.8 Å². The van der Waals surface area contributed by atoms with Crippen molar-refractivity contribution in [3.63, 3.8) is 0 Å². The SMILES string of the molecule is CCC1CC(=O)C2=C(C1)NC(C)=C(C#N)C2c1cc(Br)c(OCc2cccc(OC)c2)c(Br)c1. The van der Waals surface area contributed by atoms with Crippen molar-refractivity contribution < 1.29 is 14.3 Å². The lowest BCUT2D eigenvalue weighted by molar-refractivity contribution is -0.117. The zero-order chi connectivity index (χ0) is 24.4. The maximum Gasteiger partial charge on any atom is 0.161 e. The lowest BCUT2D eigenvalue weighted by atomic mass is 9.73. The average molecular weight is 586 g/mol. The molecule has 176 valence electrons. The number of benzene rings is 2. The molecule has 0 amide bonds. The molecule has 1 heterocycles. The standard InChI is InChI=1S/C27H26Br2N2O3/c1-4-16-9-23-26(24(32)10-16)25(20(13-30)15(2)31-23)18-11-21(28)27(22(29)12-18)34-14-17-6-5-7-19(8-17)33-3/h5-8,11-12,16,25,31H,4,9-10,14H2,1-3H3. The minimum Gasteiger partial charge on any atom is -0.497 e. The number of carbonyl (C=O) groups excluding carboxylic acids is 1. The van der Waals surface area contributed by atoms with Gasteiger partial charge in [0.05, 0.1) is 33.6 Å². The van der Waals surface area contributed by atoms with Crippen molar-refractivity contribution in [3.05, 3.63) is 79.0 Å². The molecule has 4 rings (SSSR count). The molecule has 0 saturated carbocycles. The number of rotatable bonds is 6. The van der Waals surface area contributed by atoms with Crippen molar-refractivity contribution in [2.45, 2.75) is 45.6 Å². The van der Waals surface area contributed by atoms with E-state index in [0.29, 0.717) is 30.3 Å². The molecule has 0 aromatic heterocycles.